The molecule has 0 bridgehead atoms. The molecule has 4 heteroatoms. The highest BCUT2D eigenvalue weighted by atomic mass is 17.2. The number of rotatable bonds is 6. The van der Waals surface area contributed by atoms with E-state index in [1.54, 1.807) is 60.7 Å². The number of benzene rings is 3. The van der Waals surface area contributed by atoms with Crippen LogP contribution in [0.1, 0.15) is 52.6 Å². The summed E-state index contributed by atoms with van der Waals surface area (Å²) in [4.78, 5) is 35.6. The van der Waals surface area contributed by atoms with Crippen LogP contribution >= 0.6 is 0 Å². The van der Waals surface area contributed by atoms with Gasteiger partial charge in [0.05, 0.1) is 0 Å². The fourth-order valence-electron chi connectivity index (χ4n) is 2.53. The second kappa shape index (κ2) is 8.19. The van der Waals surface area contributed by atoms with Crippen molar-refractivity contribution in [2.45, 2.75) is 26.4 Å². The molecule has 0 aliphatic heterocycles. The van der Waals surface area contributed by atoms with E-state index < -0.39 is 5.60 Å². The molecule has 0 amide bonds. The summed E-state index contributed by atoms with van der Waals surface area (Å²) in [6, 6.07) is 22.5. The zero-order valence-corrected chi connectivity index (χ0v) is 16.1. The predicted octanol–water partition coefficient (Wildman–Crippen LogP) is 5.26. The first-order valence-electron chi connectivity index (χ1n) is 9.04. The van der Waals surface area contributed by atoms with Crippen LogP contribution in [0.4, 0.5) is 0 Å². The Morgan fingerprint density at radius 1 is 0.607 bits per heavy atom. The predicted molar refractivity (Wildman–Crippen MR) is 108 cm³/mol. The summed E-state index contributed by atoms with van der Waals surface area (Å²) in [6.45, 7) is 5.66. The average molecular weight is 374 g/mol. The smallest absolute Gasteiger partial charge is 0.193 e. The monoisotopic (exact) mass is 374 g/mol. The molecule has 0 radical (unpaired) electrons. The van der Waals surface area contributed by atoms with Crippen molar-refractivity contribution >= 4 is 11.6 Å². The van der Waals surface area contributed by atoms with Crippen LogP contribution in [0.3, 0.4) is 0 Å². The van der Waals surface area contributed by atoms with E-state index in [4.69, 9.17) is 9.78 Å². The van der Waals surface area contributed by atoms with Crippen LogP contribution in [0.2, 0.25) is 0 Å². The van der Waals surface area contributed by atoms with E-state index in [9.17, 15) is 9.59 Å². The third-order valence-electron chi connectivity index (χ3n) is 3.95. The van der Waals surface area contributed by atoms with Crippen LogP contribution in [0.25, 0.3) is 0 Å². The molecule has 142 valence electrons. The van der Waals surface area contributed by atoms with Crippen LogP contribution in [0.5, 0.6) is 5.75 Å². The van der Waals surface area contributed by atoms with Crippen LogP contribution in [0, 0.1) is 0 Å². The van der Waals surface area contributed by atoms with Gasteiger partial charge in [-0.2, -0.15) is 4.89 Å². The fraction of sp³-hybridized carbons (Fsp3) is 0.167. The number of hydrogen-bond donors (Lipinski definition) is 0. The summed E-state index contributed by atoms with van der Waals surface area (Å²) >= 11 is 0. The van der Waals surface area contributed by atoms with Crippen LogP contribution in [0.15, 0.2) is 78.9 Å². The lowest BCUT2D eigenvalue weighted by atomic mass is 9.98. The van der Waals surface area contributed by atoms with Crippen molar-refractivity contribution in [3.63, 3.8) is 0 Å². The van der Waals surface area contributed by atoms with Crippen molar-refractivity contribution in [3.8, 4) is 5.75 Å². The minimum absolute atomic E-state index is 0.0695. The van der Waals surface area contributed by atoms with Gasteiger partial charge in [0.15, 0.2) is 17.3 Å². The van der Waals surface area contributed by atoms with E-state index in [1.807, 2.05) is 39.0 Å². The maximum absolute atomic E-state index is 12.7. The van der Waals surface area contributed by atoms with E-state index in [1.165, 1.54) is 0 Å². The van der Waals surface area contributed by atoms with E-state index in [0.29, 0.717) is 28.0 Å². The topological polar surface area (TPSA) is 52.6 Å². The molecule has 0 fully saturated rings. The Labute approximate surface area is 164 Å². The van der Waals surface area contributed by atoms with Crippen LogP contribution in [-0.4, -0.2) is 17.2 Å². The highest BCUT2D eigenvalue weighted by Crippen LogP contribution is 2.19. The van der Waals surface area contributed by atoms with Gasteiger partial charge in [0.25, 0.3) is 0 Å². The van der Waals surface area contributed by atoms with E-state index in [-0.39, 0.29) is 11.6 Å². The van der Waals surface area contributed by atoms with Gasteiger partial charge in [-0.3, -0.25) is 9.59 Å². The van der Waals surface area contributed by atoms with Gasteiger partial charge in [0.2, 0.25) is 0 Å². The SMILES string of the molecule is CC(C)(C)OOc1ccc(C(=O)c2ccc(C(=O)c3ccccc3)cc2)cc1. The summed E-state index contributed by atoms with van der Waals surface area (Å²) in [6.07, 6.45) is 0. The van der Waals surface area contributed by atoms with Crippen molar-refractivity contribution in [1.82, 2.24) is 0 Å². The molecule has 3 aromatic carbocycles. The summed E-state index contributed by atoms with van der Waals surface area (Å²) in [5.74, 6) is 0.331. The van der Waals surface area contributed by atoms with Crippen molar-refractivity contribution in [3.05, 3.63) is 101 Å². The molecule has 28 heavy (non-hydrogen) atoms. The molecule has 0 N–H and O–H groups in total. The molecular weight excluding hydrogens is 352 g/mol. The molecule has 4 nitrogen and oxygen atoms in total. The van der Waals surface area contributed by atoms with Gasteiger partial charge >= 0.3 is 0 Å². The van der Waals surface area contributed by atoms with Gasteiger partial charge in [-0.1, -0.05) is 54.6 Å². The Hall–Kier alpha value is -3.24. The minimum atomic E-state index is -0.423. The third-order valence-corrected chi connectivity index (χ3v) is 3.95. The summed E-state index contributed by atoms with van der Waals surface area (Å²) in [7, 11) is 0. The van der Waals surface area contributed by atoms with Gasteiger partial charge < -0.3 is 4.89 Å². The normalized spacial score (nSPS) is 11.1. The molecule has 0 atom stereocenters. The van der Waals surface area contributed by atoms with Gasteiger partial charge in [0.1, 0.15) is 5.60 Å². The first-order valence-corrected chi connectivity index (χ1v) is 9.04. The maximum Gasteiger partial charge on any atom is 0.193 e. The molecule has 0 aromatic heterocycles. The molecule has 0 unspecified atom stereocenters. The molecular formula is C24H22O4. The highest BCUT2D eigenvalue weighted by molar-refractivity contribution is 6.11. The molecule has 0 spiro atoms. The standard InChI is InChI=1S/C24H22O4/c1-24(2,3)28-27-21-15-13-20(14-16-21)23(26)19-11-9-18(10-12-19)22(25)17-7-5-4-6-8-17/h4-16H,1-3H3. The Kier molecular flexibility index (Phi) is 5.71. The number of hydrogen-bond acceptors (Lipinski definition) is 4. The summed E-state index contributed by atoms with van der Waals surface area (Å²) in [5, 5.41) is 0. The second-order valence-corrected chi connectivity index (χ2v) is 7.41. The molecule has 0 aliphatic rings. The molecule has 0 heterocycles. The zero-order valence-electron chi connectivity index (χ0n) is 16.1. The van der Waals surface area contributed by atoms with Crippen molar-refractivity contribution < 1.29 is 19.4 Å². The second-order valence-electron chi connectivity index (χ2n) is 7.41. The molecule has 0 saturated carbocycles. The van der Waals surface area contributed by atoms with Crippen LogP contribution < -0.4 is 4.89 Å². The van der Waals surface area contributed by atoms with Gasteiger partial charge in [-0.25, -0.2) is 0 Å². The number of ketones is 2. The Morgan fingerprint density at radius 3 is 1.43 bits per heavy atom. The van der Waals surface area contributed by atoms with Crippen molar-refractivity contribution in [1.29, 1.82) is 0 Å². The van der Waals surface area contributed by atoms with Crippen molar-refractivity contribution in [2.75, 3.05) is 0 Å². The summed E-state index contributed by atoms with van der Waals surface area (Å²) < 4.78 is 0. The lowest BCUT2D eigenvalue weighted by Crippen LogP contribution is -2.21. The van der Waals surface area contributed by atoms with Gasteiger partial charge in [-0.05, 0) is 45.0 Å². The molecule has 0 saturated heterocycles. The zero-order chi connectivity index (χ0) is 20.1. The van der Waals surface area contributed by atoms with E-state index in [0.717, 1.165) is 0 Å². The van der Waals surface area contributed by atoms with E-state index >= 15 is 0 Å². The highest BCUT2D eigenvalue weighted by Gasteiger charge is 2.14. The lowest BCUT2D eigenvalue weighted by molar-refractivity contribution is -0.274. The van der Waals surface area contributed by atoms with Crippen molar-refractivity contribution in [2.24, 2.45) is 0 Å². The van der Waals surface area contributed by atoms with Gasteiger partial charge in [0, 0.05) is 22.3 Å². The molecule has 3 rings (SSSR count). The maximum atomic E-state index is 12.7. The fourth-order valence-corrected chi connectivity index (χ4v) is 2.53. The first kappa shape index (κ1) is 19.5. The van der Waals surface area contributed by atoms with Gasteiger partial charge in [-0.15, -0.1) is 0 Å². The molecule has 0 aliphatic carbocycles. The number of carbonyl (C=O) groups excluding carboxylic acids is 2. The molecule has 3 aromatic rings. The Balaban J connectivity index is 1.70. The average Bonchev–Trinajstić information content (AvgIpc) is 2.72. The minimum Gasteiger partial charge on any atom is -0.337 e. The lowest BCUT2D eigenvalue weighted by Gasteiger charge is -2.17. The summed E-state index contributed by atoms with van der Waals surface area (Å²) in [5.41, 5.74) is 1.79. The Bertz CT molecular complexity index is 950. The number of carbonyl (C=O) groups is 2. The Morgan fingerprint density at radius 2 is 1.00 bits per heavy atom. The van der Waals surface area contributed by atoms with Crippen LogP contribution in [-0.2, 0) is 4.89 Å². The van der Waals surface area contributed by atoms with E-state index in [2.05, 4.69) is 0 Å². The first-order chi connectivity index (χ1) is 13.3. The largest absolute Gasteiger partial charge is 0.337 e. The quantitative estimate of drug-likeness (QED) is 0.336. The third kappa shape index (κ3) is 4.93.